The van der Waals surface area contributed by atoms with E-state index in [0.717, 1.165) is 44.5 Å². The molecule has 0 spiro atoms. The molecule has 0 saturated heterocycles. The van der Waals surface area contributed by atoms with Crippen LogP contribution in [-0.2, 0) is 0 Å². The first-order valence-corrected chi connectivity index (χ1v) is 14.8. The van der Waals surface area contributed by atoms with Gasteiger partial charge in [-0.2, -0.15) is 5.26 Å². The molecule has 0 aliphatic carbocycles. The smallest absolute Gasteiger partial charge is 0.164 e. The van der Waals surface area contributed by atoms with E-state index < -0.39 is 0 Å². The third-order valence-electron chi connectivity index (χ3n) is 8.04. The summed E-state index contributed by atoms with van der Waals surface area (Å²) in [7, 11) is 0. The van der Waals surface area contributed by atoms with E-state index in [1.165, 1.54) is 10.8 Å². The molecule has 0 aliphatic rings. The van der Waals surface area contributed by atoms with Crippen molar-refractivity contribution in [3.8, 4) is 57.0 Å². The van der Waals surface area contributed by atoms with Crippen molar-refractivity contribution in [3.05, 3.63) is 157 Å². The lowest BCUT2D eigenvalue weighted by molar-refractivity contribution is 1.07. The lowest BCUT2D eigenvalue weighted by Crippen LogP contribution is -2.01. The Bertz CT molecular complexity index is 2270. The number of hydrogen-bond donors (Lipinski definition) is 0. The van der Waals surface area contributed by atoms with Crippen molar-refractivity contribution in [1.29, 1.82) is 5.26 Å². The zero-order valence-electron chi connectivity index (χ0n) is 24.2. The van der Waals surface area contributed by atoms with Gasteiger partial charge in [0.2, 0.25) is 0 Å². The van der Waals surface area contributed by atoms with Crippen LogP contribution in [0.25, 0.3) is 72.8 Å². The van der Waals surface area contributed by atoms with Crippen LogP contribution in [0.2, 0.25) is 0 Å². The Morgan fingerprint density at radius 3 is 1.49 bits per heavy atom. The maximum absolute atomic E-state index is 9.68. The molecule has 0 fully saturated rings. The number of nitriles is 1. The summed E-state index contributed by atoms with van der Waals surface area (Å²) in [5.41, 5.74) is 8.39. The minimum Gasteiger partial charge on any atom is -0.309 e. The molecule has 2 heterocycles. The van der Waals surface area contributed by atoms with Gasteiger partial charge in [0, 0.05) is 33.2 Å². The Labute approximate surface area is 260 Å². The van der Waals surface area contributed by atoms with E-state index in [0.29, 0.717) is 23.0 Å². The predicted molar refractivity (Wildman–Crippen MR) is 181 cm³/mol. The van der Waals surface area contributed by atoms with Crippen molar-refractivity contribution in [2.45, 2.75) is 0 Å². The summed E-state index contributed by atoms with van der Waals surface area (Å²) >= 11 is 0. The highest BCUT2D eigenvalue weighted by molar-refractivity contribution is 6.09. The van der Waals surface area contributed by atoms with Gasteiger partial charge in [-0.05, 0) is 53.6 Å². The second kappa shape index (κ2) is 11.0. The standard InChI is InChI=1S/C40H25N5/c41-26-27-12-11-17-30(22-27)31-23-32(25-33(24-31)45-36-20-9-7-18-34(36)35-19-8-10-21-37(35)45)40-43-38(28-13-3-1-4-14-28)42-39(44-40)29-15-5-2-6-16-29/h1-25H. The number of aromatic nitrogens is 4. The summed E-state index contributed by atoms with van der Waals surface area (Å²) in [4.78, 5) is 15.0. The van der Waals surface area contributed by atoms with Gasteiger partial charge >= 0.3 is 0 Å². The highest BCUT2D eigenvalue weighted by Crippen LogP contribution is 2.36. The molecular formula is C40H25N5. The molecule has 0 radical (unpaired) electrons. The molecule has 0 bridgehead atoms. The number of rotatable bonds is 5. The summed E-state index contributed by atoms with van der Waals surface area (Å²) in [6.07, 6.45) is 0. The molecule has 2 aromatic heterocycles. The van der Waals surface area contributed by atoms with Gasteiger partial charge in [0.15, 0.2) is 17.5 Å². The van der Waals surface area contributed by atoms with Crippen LogP contribution in [0, 0.1) is 11.3 Å². The second-order valence-electron chi connectivity index (χ2n) is 10.9. The molecule has 45 heavy (non-hydrogen) atoms. The molecule has 0 unspecified atom stereocenters. The van der Waals surface area contributed by atoms with Crippen LogP contribution in [-0.4, -0.2) is 19.5 Å². The van der Waals surface area contributed by atoms with E-state index in [1.807, 2.05) is 84.9 Å². The first-order chi connectivity index (χ1) is 22.2. The minimum absolute atomic E-state index is 0.572. The van der Waals surface area contributed by atoms with Crippen molar-refractivity contribution < 1.29 is 0 Å². The van der Waals surface area contributed by atoms with E-state index in [1.54, 1.807) is 0 Å². The summed E-state index contributed by atoms with van der Waals surface area (Å²) in [6.45, 7) is 0. The van der Waals surface area contributed by atoms with Crippen LogP contribution in [0.4, 0.5) is 0 Å². The van der Waals surface area contributed by atoms with Gasteiger partial charge in [-0.3, -0.25) is 0 Å². The largest absolute Gasteiger partial charge is 0.309 e. The molecule has 0 aliphatic heterocycles. The molecule has 0 atom stereocenters. The number of para-hydroxylation sites is 2. The van der Waals surface area contributed by atoms with E-state index in [9.17, 15) is 5.26 Å². The quantitative estimate of drug-likeness (QED) is 0.205. The minimum atomic E-state index is 0.572. The maximum Gasteiger partial charge on any atom is 0.164 e. The van der Waals surface area contributed by atoms with Gasteiger partial charge in [0.25, 0.3) is 0 Å². The topological polar surface area (TPSA) is 67.4 Å². The molecule has 210 valence electrons. The molecule has 0 amide bonds. The molecule has 8 rings (SSSR count). The highest BCUT2D eigenvalue weighted by atomic mass is 15.0. The average molecular weight is 576 g/mol. The van der Waals surface area contributed by atoms with Crippen molar-refractivity contribution in [2.24, 2.45) is 0 Å². The summed E-state index contributed by atoms with van der Waals surface area (Å²) in [5.74, 6) is 1.78. The van der Waals surface area contributed by atoms with E-state index in [-0.39, 0.29) is 0 Å². The van der Waals surface area contributed by atoms with Gasteiger partial charge in [-0.25, -0.2) is 15.0 Å². The Morgan fingerprint density at radius 1 is 0.422 bits per heavy atom. The molecule has 5 nitrogen and oxygen atoms in total. The summed E-state index contributed by atoms with van der Waals surface area (Å²) < 4.78 is 2.29. The third-order valence-corrected chi connectivity index (χ3v) is 8.04. The summed E-state index contributed by atoms with van der Waals surface area (Å²) in [5, 5.41) is 12.0. The normalized spacial score (nSPS) is 11.1. The van der Waals surface area contributed by atoms with Crippen molar-refractivity contribution in [3.63, 3.8) is 0 Å². The molecule has 0 saturated carbocycles. The Hall–Kier alpha value is -6.38. The Morgan fingerprint density at radius 2 is 0.911 bits per heavy atom. The van der Waals surface area contributed by atoms with Crippen molar-refractivity contribution in [2.75, 3.05) is 0 Å². The second-order valence-corrected chi connectivity index (χ2v) is 10.9. The molecule has 6 aromatic carbocycles. The van der Waals surface area contributed by atoms with Gasteiger partial charge in [-0.15, -0.1) is 0 Å². The lowest BCUT2D eigenvalue weighted by Gasteiger charge is -2.14. The number of hydrogen-bond acceptors (Lipinski definition) is 4. The van der Waals surface area contributed by atoms with E-state index >= 15 is 0 Å². The Balaban J connectivity index is 1.43. The number of benzene rings is 6. The van der Waals surface area contributed by atoms with E-state index in [4.69, 9.17) is 15.0 Å². The first kappa shape index (κ1) is 26.3. The van der Waals surface area contributed by atoms with Gasteiger partial charge in [0.1, 0.15) is 0 Å². The van der Waals surface area contributed by atoms with Crippen molar-refractivity contribution >= 4 is 21.8 Å². The third kappa shape index (κ3) is 4.81. The number of fused-ring (bicyclic) bond motifs is 3. The Kier molecular flexibility index (Phi) is 6.44. The summed E-state index contributed by atoms with van der Waals surface area (Å²) in [6, 6.07) is 53.4. The molecule has 8 aromatic rings. The maximum atomic E-state index is 9.68. The fraction of sp³-hybridized carbons (Fsp3) is 0. The van der Waals surface area contributed by atoms with Crippen LogP contribution < -0.4 is 0 Å². The van der Waals surface area contributed by atoms with Gasteiger partial charge < -0.3 is 4.57 Å². The van der Waals surface area contributed by atoms with Crippen LogP contribution in [0.5, 0.6) is 0 Å². The fourth-order valence-electron chi connectivity index (χ4n) is 5.94. The molecular weight excluding hydrogens is 550 g/mol. The predicted octanol–water partition coefficient (Wildman–Crippen LogP) is 9.51. The van der Waals surface area contributed by atoms with Gasteiger partial charge in [0.05, 0.1) is 22.7 Å². The zero-order valence-corrected chi connectivity index (χ0v) is 24.2. The van der Waals surface area contributed by atoms with E-state index in [2.05, 4.69) is 77.4 Å². The van der Waals surface area contributed by atoms with Crippen molar-refractivity contribution in [1.82, 2.24) is 19.5 Å². The molecule has 0 N–H and O–H groups in total. The fourth-order valence-corrected chi connectivity index (χ4v) is 5.94. The van der Waals surface area contributed by atoms with Crippen LogP contribution in [0.15, 0.2) is 152 Å². The lowest BCUT2D eigenvalue weighted by atomic mass is 9.99. The van der Waals surface area contributed by atoms with Crippen LogP contribution in [0.3, 0.4) is 0 Å². The molecule has 5 heteroatoms. The SMILES string of the molecule is N#Cc1cccc(-c2cc(-c3nc(-c4ccccc4)nc(-c4ccccc4)n3)cc(-n3c4ccccc4c4ccccc43)c2)c1. The monoisotopic (exact) mass is 575 g/mol. The number of nitrogens with zero attached hydrogens (tertiary/aromatic N) is 5. The van der Waals surface area contributed by atoms with Gasteiger partial charge in [-0.1, -0.05) is 109 Å². The highest BCUT2D eigenvalue weighted by Gasteiger charge is 2.17. The average Bonchev–Trinajstić information content (AvgIpc) is 3.46. The van der Waals surface area contributed by atoms with Crippen LogP contribution >= 0.6 is 0 Å². The first-order valence-electron chi connectivity index (χ1n) is 14.8. The van der Waals surface area contributed by atoms with Crippen LogP contribution in [0.1, 0.15) is 5.56 Å². The zero-order chi connectivity index (χ0) is 30.2.